The van der Waals surface area contributed by atoms with Gasteiger partial charge >= 0.3 is 11.9 Å². The summed E-state index contributed by atoms with van der Waals surface area (Å²) >= 11 is 1.72. The Morgan fingerprint density at radius 1 is 0.789 bits per heavy atom. The van der Waals surface area contributed by atoms with E-state index < -0.39 is 11.9 Å². The standard InChI is InChI=1S/C31H34O6S/c32-30(33)11-5-22-38-29(23-25-12-16-26(17-13-25)31(34)35)10-4-7-24-14-18-28(19-15-24)37-21-6-20-36-27-8-2-1-3-9-27/h1-4,8-10,12-19,29H,5-7,11,20-23H2,(H,32,33)(H,34,35)/b10-4-. The summed E-state index contributed by atoms with van der Waals surface area (Å²) in [6.07, 6.45) is 7.38. The van der Waals surface area contributed by atoms with Crippen LogP contribution in [0.4, 0.5) is 0 Å². The van der Waals surface area contributed by atoms with Gasteiger partial charge in [0.15, 0.2) is 0 Å². The van der Waals surface area contributed by atoms with E-state index in [0.717, 1.165) is 42.1 Å². The lowest BCUT2D eigenvalue weighted by atomic mass is 10.1. The molecule has 3 aromatic carbocycles. The minimum Gasteiger partial charge on any atom is -0.493 e. The summed E-state index contributed by atoms with van der Waals surface area (Å²) in [6.45, 7) is 1.19. The first kappa shape index (κ1) is 28.9. The van der Waals surface area contributed by atoms with Crippen molar-refractivity contribution in [3.63, 3.8) is 0 Å². The van der Waals surface area contributed by atoms with Gasteiger partial charge in [0.25, 0.3) is 0 Å². The summed E-state index contributed by atoms with van der Waals surface area (Å²) in [5, 5.41) is 18.2. The Morgan fingerprint density at radius 3 is 2.05 bits per heavy atom. The zero-order valence-corrected chi connectivity index (χ0v) is 22.1. The molecule has 0 aromatic heterocycles. The predicted octanol–water partition coefficient (Wildman–Crippen LogP) is 6.54. The average molecular weight is 535 g/mol. The van der Waals surface area contributed by atoms with Gasteiger partial charge in [-0.2, -0.15) is 11.8 Å². The second-order valence-electron chi connectivity index (χ2n) is 8.75. The molecule has 3 aromatic rings. The molecule has 0 aliphatic heterocycles. The second kappa shape index (κ2) is 16.2. The first-order valence-corrected chi connectivity index (χ1v) is 13.8. The summed E-state index contributed by atoms with van der Waals surface area (Å²) in [4.78, 5) is 21.9. The van der Waals surface area contributed by atoms with Gasteiger partial charge in [-0.1, -0.05) is 54.6 Å². The van der Waals surface area contributed by atoms with Crippen LogP contribution in [0.15, 0.2) is 91.0 Å². The molecule has 0 spiro atoms. The first-order valence-electron chi connectivity index (χ1n) is 12.7. The van der Waals surface area contributed by atoms with E-state index in [-0.39, 0.29) is 17.2 Å². The van der Waals surface area contributed by atoms with Crippen molar-refractivity contribution in [1.82, 2.24) is 0 Å². The average Bonchev–Trinajstić information content (AvgIpc) is 2.92. The van der Waals surface area contributed by atoms with Gasteiger partial charge in [-0.3, -0.25) is 4.79 Å². The number of ether oxygens (including phenoxy) is 2. The molecule has 200 valence electrons. The number of aliphatic carboxylic acids is 1. The van der Waals surface area contributed by atoms with Crippen LogP contribution >= 0.6 is 11.8 Å². The molecule has 1 atom stereocenters. The van der Waals surface area contributed by atoms with Gasteiger partial charge in [-0.05, 0) is 72.5 Å². The van der Waals surface area contributed by atoms with Crippen molar-refractivity contribution in [2.24, 2.45) is 0 Å². The van der Waals surface area contributed by atoms with Crippen molar-refractivity contribution in [2.75, 3.05) is 19.0 Å². The number of hydrogen-bond acceptors (Lipinski definition) is 5. The fourth-order valence-electron chi connectivity index (χ4n) is 3.69. The fraction of sp³-hybridized carbons (Fsp3) is 0.290. The van der Waals surface area contributed by atoms with Crippen LogP contribution in [0, 0.1) is 0 Å². The number of carboxylic acid groups (broad SMARTS) is 2. The van der Waals surface area contributed by atoms with Crippen LogP contribution in [0.1, 0.15) is 40.7 Å². The van der Waals surface area contributed by atoms with Crippen molar-refractivity contribution in [1.29, 1.82) is 0 Å². The molecule has 0 aliphatic carbocycles. The monoisotopic (exact) mass is 534 g/mol. The van der Waals surface area contributed by atoms with Crippen LogP contribution in [-0.4, -0.2) is 46.4 Å². The highest BCUT2D eigenvalue weighted by molar-refractivity contribution is 8.00. The normalized spacial score (nSPS) is 11.8. The molecule has 0 fully saturated rings. The third-order valence-electron chi connectivity index (χ3n) is 5.70. The summed E-state index contributed by atoms with van der Waals surface area (Å²) in [5.74, 6) is 0.715. The van der Waals surface area contributed by atoms with Gasteiger partial charge in [-0.15, -0.1) is 0 Å². The zero-order valence-electron chi connectivity index (χ0n) is 21.3. The zero-order chi connectivity index (χ0) is 27.0. The maximum Gasteiger partial charge on any atom is 0.335 e. The van der Waals surface area contributed by atoms with E-state index in [0.29, 0.717) is 19.6 Å². The Balaban J connectivity index is 1.45. The lowest BCUT2D eigenvalue weighted by Gasteiger charge is -2.13. The van der Waals surface area contributed by atoms with Crippen LogP contribution in [0.3, 0.4) is 0 Å². The Morgan fingerprint density at radius 2 is 1.42 bits per heavy atom. The van der Waals surface area contributed by atoms with E-state index in [4.69, 9.17) is 19.7 Å². The fourth-order valence-corrected chi connectivity index (χ4v) is 4.84. The van der Waals surface area contributed by atoms with Gasteiger partial charge in [0, 0.05) is 18.1 Å². The number of carboxylic acids is 2. The Labute approximate surface area is 228 Å². The number of aromatic carboxylic acids is 1. The van der Waals surface area contributed by atoms with Gasteiger partial charge in [0.05, 0.1) is 18.8 Å². The number of carbonyl (C=O) groups is 2. The lowest BCUT2D eigenvalue weighted by molar-refractivity contribution is -0.137. The minimum absolute atomic E-state index is 0.158. The van der Waals surface area contributed by atoms with Crippen LogP contribution in [0.25, 0.3) is 0 Å². The van der Waals surface area contributed by atoms with Crippen molar-refractivity contribution < 1.29 is 29.3 Å². The van der Waals surface area contributed by atoms with Crippen LogP contribution < -0.4 is 9.47 Å². The van der Waals surface area contributed by atoms with Crippen LogP contribution in [0.5, 0.6) is 11.5 Å². The molecule has 0 saturated heterocycles. The SMILES string of the molecule is O=C(O)CCCSC(/C=C\Cc1ccc(OCCCOc2ccccc2)cc1)Cc1ccc(C(=O)O)cc1. The molecule has 0 radical (unpaired) electrons. The molecular weight excluding hydrogens is 500 g/mol. The van der Waals surface area contributed by atoms with Gasteiger partial charge < -0.3 is 19.7 Å². The summed E-state index contributed by atoms with van der Waals surface area (Å²) in [7, 11) is 0. The number of rotatable bonds is 17. The molecule has 38 heavy (non-hydrogen) atoms. The second-order valence-corrected chi connectivity index (χ2v) is 10.1. The van der Waals surface area contributed by atoms with E-state index in [1.165, 1.54) is 5.56 Å². The number of thioether (sulfide) groups is 1. The highest BCUT2D eigenvalue weighted by atomic mass is 32.2. The molecule has 2 N–H and O–H groups in total. The molecule has 0 saturated carbocycles. The lowest BCUT2D eigenvalue weighted by Crippen LogP contribution is -2.06. The molecule has 0 aliphatic rings. The molecule has 1 unspecified atom stereocenters. The summed E-state index contributed by atoms with van der Waals surface area (Å²) in [5.41, 5.74) is 2.48. The minimum atomic E-state index is -0.940. The van der Waals surface area contributed by atoms with E-state index in [1.54, 1.807) is 23.9 Å². The quantitative estimate of drug-likeness (QED) is 0.150. The molecular formula is C31H34O6S. The summed E-state index contributed by atoms with van der Waals surface area (Å²) in [6, 6.07) is 24.7. The van der Waals surface area contributed by atoms with E-state index in [2.05, 4.69) is 24.3 Å². The number of allylic oxidation sites excluding steroid dienone is 1. The van der Waals surface area contributed by atoms with E-state index >= 15 is 0 Å². The highest BCUT2D eigenvalue weighted by Crippen LogP contribution is 2.21. The predicted molar refractivity (Wildman–Crippen MR) is 152 cm³/mol. The largest absolute Gasteiger partial charge is 0.493 e. The van der Waals surface area contributed by atoms with Crippen LogP contribution in [0.2, 0.25) is 0 Å². The molecule has 0 amide bonds. The topological polar surface area (TPSA) is 93.1 Å². The van der Waals surface area contributed by atoms with Crippen molar-refractivity contribution >= 4 is 23.7 Å². The maximum atomic E-state index is 11.1. The third-order valence-corrected chi connectivity index (χ3v) is 6.98. The van der Waals surface area contributed by atoms with Crippen molar-refractivity contribution in [3.05, 3.63) is 108 Å². The highest BCUT2D eigenvalue weighted by Gasteiger charge is 2.09. The van der Waals surface area contributed by atoms with Crippen LogP contribution in [-0.2, 0) is 17.6 Å². The van der Waals surface area contributed by atoms with E-state index in [1.807, 2.05) is 54.6 Å². The maximum absolute atomic E-state index is 11.1. The van der Waals surface area contributed by atoms with Gasteiger partial charge in [-0.25, -0.2) is 4.79 Å². The van der Waals surface area contributed by atoms with Crippen molar-refractivity contribution in [2.45, 2.75) is 37.4 Å². The third kappa shape index (κ3) is 11.1. The molecule has 7 heteroatoms. The van der Waals surface area contributed by atoms with Gasteiger partial charge in [0.1, 0.15) is 11.5 Å². The number of benzene rings is 3. The molecule has 6 nitrogen and oxygen atoms in total. The Kier molecular flexibility index (Phi) is 12.3. The number of hydrogen-bond donors (Lipinski definition) is 2. The summed E-state index contributed by atoms with van der Waals surface area (Å²) < 4.78 is 11.5. The van der Waals surface area contributed by atoms with Gasteiger partial charge in [0.2, 0.25) is 0 Å². The smallest absolute Gasteiger partial charge is 0.335 e. The Hall–Kier alpha value is -3.71. The Bertz CT molecular complexity index is 1140. The molecule has 0 heterocycles. The molecule has 3 rings (SSSR count). The number of para-hydroxylation sites is 1. The van der Waals surface area contributed by atoms with E-state index in [9.17, 15) is 9.59 Å². The molecule has 0 bridgehead atoms. The first-order chi connectivity index (χ1) is 18.5. The van der Waals surface area contributed by atoms with Crippen molar-refractivity contribution in [3.8, 4) is 11.5 Å².